The van der Waals surface area contributed by atoms with E-state index in [-0.39, 0.29) is 6.10 Å². The lowest BCUT2D eigenvalue weighted by molar-refractivity contribution is 0.00282. The maximum atomic E-state index is 6.01. The molecular formula is C21H22N2O. The molecule has 2 aromatic rings. The highest BCUT2D eigenvalue weighted by molar-refractivity contribution is 6.01. The first-order valence-corrected chi connectivity index (χ1v) is 8.57. The van der Waals surface area contributed by atoms with Crippen molar-refractivity contribution < 1.29 is 4.74 Å². The molecule has 0 N–H and O–H groups in total. The fraction of sp³-hybridized carbons (Fsp3) is 0.286. The molecule has 3 nitrogen and oxygen atoms in total. The zero-order chi connectivity index (χ0) is 16.2. The van der Waals surface area contributed by atoms with E-state index in [0.29, 0.717) is 0 Å². The van der Waals surface area contributed by atoms with E-state index in [2.05, 4.69) is 64.5 Å². The summed E-state index contributed by atoms with van der Waals surface area (Å²) >= 11 is 0. The van der Waals surface area contributed by atoms with Crippen molar-refractivity contribution >= 4 is 11.3 Å². The average molecular weight is 318 g/mol. The van der Waals surface area contributed by atoms with E-state index in [4.69, 9.17) is 4.74 Å². The van der Waals surface area contributed by atoms with E-state index in [1.54, 1.807) is 0 Å². The Bertz CT molecular complexity index is 737. The fourth-order valence-corrected chi connectivity index (χ4v) is 3.36. The van der Waals surface area contributed by atoms with Crippen LogP contribution in [0.3, 0.4) is 0 Å². The first kappa shape index (κ1) is 15.3. The summed E-state index contributed by atoms with van der Waals surface area (Å²) < 4.78 is 6.01. The van der Waals surface area contributed by atoms with Gasteiger partial charge in [-0.25, -0.2) is 0 Å². The number of morpholine rings is 1. The molecule has 1 fully saturated rings. The van der Waals surface area contributed by atoms with Gasteiger partial charge in [-0.3, -0.25) is 9.89 Å². The molecule has 0 aromatic heterocycles. The Morgan fingerprint density at radius 2 is 1.75 bits per heavy atom. The molecule has 1 atom stereocenters. The van der Waals surface area contributed by atoms with Crippen molar-refractivity contribution in [2.24, 2.45) is 4.99 Å². The topological polar surface area (TPSA) is 24.8 Å². The average Bonchev–Trinajstić information content (AvgIpc) is 3.14. The van der Waals surface area contributed by atoms with Gasteiger partial charge in [0.05, 0.1) is 12.3 Å². The minimum absolute atomic E-state index is 0.111. The molecule has 122 valence electrons. The second-order valence-corrected chi connectivity index (χ2v) is 6.40. The third kappa shape index (κ3) is 3.48. The molecule has 2 aliphatic rings. The molecule has 0 aliphatic carbocycles. The van der Waals surface area contributed by atoms with E-state index >= 15 is 0 Å². The third-order valence-corrected chi connectivity index (χ3v) is 4.67. The Morgan fingerprint density at radius 1 is 1.00 bits per heavy atom. The number of nitrogens with zero attached hydrogens (tertiary/aromatic N) is 2. The highest BCUT2D eigenvalue weighted by atomic mass is 16.5. The van der Waals surface area contributed by atoms with Crippen LogP contribution < -0.4 is 0 Å². The predicted molar refractivity (Wildman–Crippen MR) is 97.9 cm³/mol. The van der Waals surface area contributed by atoms with Crippen molar-refractivity contribution in [3.05, 3.63) is 78.0 Å². The zero-order valence-corrected chi connectivity index (χ0v) is 13.8. The van der Waals surface area contributed by atoms with Crippen LogP contribution in [0.15, 0.2) is 71.9 Å². The number of rotatable bonds is 4. The molecule has 3 heteroatoms. The molecule has 24 heavy (non-hydrogen) atoms. The number of hydrogen-bond acceptors (Lipinski definition) is 3. The van der Waals surface area contributed by atoms with Crippen LogP contribution in [-0.2, 0) is 11.3 Å². The van der Waals surface area contributed by atoms with Crippen molar-refractivity contribution in [3.8, 4) is 0 Å². The normalized spacial score (nSPS) is 21.4. The van der Waals surface area contributed by atoms with E-state index in [9.17, 15) is 0 Å². The summed E-state index contributed by atoms with van der Waals surface area (Å²) in [5.74, 6) is 0. The Morgan fingerprint density at radius 3 is 2.54 bits per heavy atom. The third-order valence-electron chi connectivity index (χ3n) is 4.67. The van der Waals surface area contributed by atoms with Gasteiger partial charge >= 0.3 is 0 Å². The van der Waals surface area contributed by atoms with Gasteiger partial charge in [0.15, 0.2) is 0 Å². The Kier molecular flexibility index (Phi) is 4.54. The lowest BCUT2D eigenvalue weighted by Gasteiger charge is -2.33. The first-order chi connectivity index (χ1) is 11.9. The molecule has 0 amide bonds. The van der Waals surface area contributed by atoms with Crippen LogP contribution in [0, 0.1) is 0 Å². The number of benzene rings is 2. The van der Waals surface area contributed by atoms with E-state index in [1.165, 1.54) is 16.7 Å². The van der Waals surface area contributed by atoms with Crippen LogP contribution >= 0.6 is 0 Å². The predicted octanol–water partition coefficient (Wildman–Crippen LogP) is 3.77. The molecule has 2 aliphatic heterocycles. The molecule has 2 aromatic carbocycles. The van der Waals surface area contributed by atoms with E-state index in [0.717, 1.165) is 38.4 Å². The van der Waals surface area contributed by atoms with Crippen molar-refractivity contribution in [2.45, 2.75) is 19.1 Å². The minimum Gasteiger partial charge on any atom is -0.370 e. The lowest BCUT2D eigenvalue weighted by Crippen LogP contribution is -2.45. The van der Waals surface area contributed by atoms with Crippen LogP contribution in [0.1, 0.15) is 17.5 Å². The van der Waals surface area contributed by atoms with Crippen LogP contribution in [0.2, 0.25) is 0 Å². The quantitative estimate of drug-likeness (QED) is 0.857. The molecule has 0 spiro atoms. The highest BCUT2D eigenvalue weighted by Gasteiger charge is 2.27. The van der Waals surface area contributed by atoms with Gasteiger partial charge in [0.2, 0.25) is 0 Å². The highest BCUT2D eigenvalue weighted by Crippen LogP contribution is 2.26. The van der Waals surface area contributed by atoms with Gasteiger partial charge in [-0.1, -0.05) is 60.7 Å². The maximum Gasteiger partial charge on any atom is 0.109 e. The summed E-state index contributed by atoms with van der Waals surface area (Å²) in [6.45, 7) is 3.66. The molecule has 1 saturated heterocycles. The Hall–Kier alpha value is -2.23. The number of hydrogen-bond donors (Lipinski definition) is 0. The van der Waals surface area contributed by atoms with Gasteiger partial charge in [-0.2, -0.15) is 0 Å². The number of ether oxygens (including phenoxy) is 1. The van der Waals surface area contributed by atoms with Gasteiger partial charge < -0.3 is 4.74 Å². The van der Waals surface area contributed by atoms with Crippen LogP contribution in [-0.4, -0.2) is 36.4 Å². The molecule has 0 bridgehead atoms. The Balaban J connectivity index is 1.37. The summed E-state index contributed by atoms with van der Waals surface area (Å²) in [5.41, 5.74) is 5.06. The maximum absolute atomic E-state index is 6.01. The van der Waals surface area contributed by atoms with Crippen molar-refractivity contribution in [3.63, 3.8) is 0 Å². The molecule has 2 heterocycles. The van der Waals surface area contributed by atoms with Gasteiger partial charge in [0.25, 0.3) is 0 Å². The smallest absolute Gasteiger partial charge is 0.109 e. The summed E-state index contributed by atoms with van der Waals surface area (Å²) in [6.07, 6.45) is 3.01. The van der Waals surface area contributed by atoms with Gasteiger partial charge in [-0.05, 0) is 16.7 Å². The van der Waals surface area contributed by atoms with Gasteiger partial charge in [0.1, 0.15) is 6.10 Å². The number of aliphatic imine (C=N–C) groups is 1. The summed E-state index contributed by atoms with van der Waals surface area (Å²) in [6, 6.07) is 21.1. The first-order valence-electron chi connectivity index (χ1n) is 8.57. The number of allylic oxidation sites excluding steroid dienone is 1. The summed E-state index contributed by atoms with van der Waals surface area (Å²) in [7, 11) is 0. The van der Waals surface area contributed by atoms with E-state index in [1.807, 2.05) is 12.3 Å². The van der Waals surface area contributed by atoms with Crippen molar-refractivity contribution in [1.29, 1.82) is 0 Å². The largest absolute Gasteiger partial charge is 0.370 e. The second kappa shape index (κ2) is 7.12. The minimum atomic E-state index is 0.111. The second-order valence-electron chi connectivity index (χ2n) is 6.40. The van der Waals surface area contributed by atoms with Crippen LogP contribution in [0.5, 0.6) is 0 Å². The molecule has 1 unspecified atom stereocenters. The molecular weight excluding hydrogens is 296 g/mol. The fourth-order valence-electron chi connectivity index (χ4n) is 3.36. The van der Waals surface area contributed by atoms with Crippen LogP contribution in [0.4, 0.5) is 0 Å². The van der Waals surface area contributed by atoms with Crippen molar-refractivity contribution in [2.75, 3.05) is 19.7 Å². The molecule has 0 radical (unpaired) electrons. The SMILES string of the molecule is C1=C(c2ccccc2)CC(C2CN(Cc3ccccc3)CCO2)=N1. The van der Waals surface area contributed by atoms with Gasteiger partial charge in [-0.15, -0.1) is 0 Å². The van der Waals surface area contributed by atoms with Crippen LogP contribution in [0.25, 0.3) is 5.57 Å². The summed E-state index contributed by atoms with van der Waals surface area (Å²) in [5, 5.41) is 0. The zero-order valence-electron chi connectivity index (χ0n) is 13.8. The van der Waals surface area contributed by atoms with Gasteiger partial charge in [0, 0.05) is 32.3 Å². The monoisotopic (exact) mass is 318 g/mol. The molecule has 4 rings (SSSR count). The standard InChI is InChI=1S/C21H22N2O/c1-3-7-17(8-4-1)15-23-11-12-24-21(16-23)20-13-19(14-22-20)18-9-5-2-6-10-18/h1-10,14,21H,11-13,15-16H2. The van der Waals surface area contributed by atoms with Crippen molar-refractivity contribution in [1.82, 2.24) is 4.90 Å². The van der Waals surface area contributed by atoms with E-state index < -0.39 is 0 Å². The Labute approximate surface area is 143 Å². The lowest BCUT2D eigenvalue weighted by atomic mass is 10.00. The summed E-state index contributed by atoms with van der Waals surface area (Å²) in [4.78, 5) is 7.13. The molecule has 0 saturated carbocycles.